The van der Waals surface area contributed by atoms with Crippen LogP contribution in [0.25, 0.3) is 0 Å². The first-order chi connectivity index (χ1) is 6.31. The van der Waals surface area contributed by atoms with Crippen molar-refractivity contribution in [3.63, 3.8) is 0 Å². The SMILES string of the molecule is Cc1ncc(I)c(Cl)c1OC(F)(F)F. The zero-order valence-electron chi connectivity index (χ0n) is 6.82. The highest BCUT2D eigenvalue weighted by atomic mass is 127. The maximum atomic E-state index is 11.9. The summed E-state index contributed by atoms with van der Waals surface area (Å²) in [6.45, 7) is 1.39. The highest BCUT2D eigenvalue weighted by Crippen LogP contribution is 2.34. The molecule has 0 saturated carbocycles. The Labute approximate surface area is 96.6 Å². The van der Waals surface area contributed by atoms with E-state index in [1.54, 1.807) is 22.6 Å². The molecule has 14 heavy (non-hydrogen) atoms. The van der Waals surface area contributed by atoms with Gasteiger partial charge in [0.25, 0.3) is 0 Å². The van der Waals surface area contributed by atoms with Gasteiger partial charge in [0.1, 0.15) is 0 Å². The van der Waals surface area contributed by atoms with E-state index >= 15 is 0 Å². The molecule has 0 atom stereocenters. The van der Waals surface area contributed by atoms with Crippen LogP contribution in [0.1, 0.15) is 5.69 Å². The first-order valence-electron chi connectivity index (χ1n) is 3.37. The summed E-state index contributed by atoms with van der Waals surface area (Å²) in [5.74, 6) is -0.439. The third-order valence-corrected chi connectivity index (χ3v) is 2.84. The van der Waals surface area contributed by atoms with Crippen LogP contribution in [0, 0.1) is 10.5 Å². The van der Waals surface area contributed by atoms with Gasteiger partial charge in [-0.25, -0.2) is 0 Å². The third kappa shape index (κ3) is 2.88. The second-order valence-corrected chi connectivity index (χ2v) is 3.92. The van der Waals surface area contributed by atoms with Crippen molar-refractivity contribution in [3.8, 4) is 5.75 Å². The summed E-state index contributed by atoms with van der Waals surface area (Å²) < 4.78 is 39.9. The molecule has 0 unspecified atom stereocenters. The predicted molar refractivity (Wildman–Crippen MR) is 53.4 cm³/mol. The molecule has 7 heteroatoms. The quantitative estimate of drug-likeness (QED) is 0.731. The van der Waals surface area contributed by atoms with E-state index in [0.29, 0.717) is 3.57 Å². The Hall–Kier alpha value is -0.240. The second-order valence-electron chi connectivity index (χ2n) is 2.38. The third-order valence-electron chi connectivity index (χ3n) is 1.33. The van der Waals surface area contributed by atoms with Gasteiger partial charge >= 0.3 is 6.36 Å². The number of rotatable bonds is 1. The van der Waals surface area contributed by atoms with Crippen molar-refractivity contribution >= 4 is 34.2 Å². The zero-order valence-corrected chi connectivity index (χ0v) is 9.74. The van der Waals surface area contributed by atoms with E-state index in [-0.39, 0.29) is 10.7 Å². The molecule has 0 aliphatic carbocycles. The molecule has 0 aromatic carbocycles. The molecule has 0 saturated heterocycles. The Morgan fingerprint density at radius 3 is 2.57 bits per heavy atom. The number of aryl methyl sites for hydroxylation is 1. The van der Waals surface area contributed by atoms with E-state index in [0.717, 1.165) is 0 Å². The van der Waals surface area contributed by atoms with Crippen LogP contribution in [0.4, 0.5) is 13.2 Å². The van der Waals surface area contributed by atoms with E-state index in [9.17, 15) is 13.2 Å². The number of pyridine rings is 1. The Kier molecular flexibility index (Phi) is 3.46. The first-order valence-corrected chi connectivity index (χ1v) is 4.83. The van der Waals surface area contributed by atoms with Gasteiger partial charge in [0.05, 0.1) is 14.3 Å². The minimum atomic E-state index is -4.75. The molecule has 1 aromatic rings. The summed E-state index contributed by atoms with van der Waals surface area (Å²) in [6.07, 6.45) is -3.37. The van der Waals surface area contributed by atoms with Crippen LogP contribution in [0.5, 0.6) is 5.75 Å². The van der Waals surface area contributed by atoms with Gasteiger partial charge in [0.15, 0.2) is 5.75 Å². The summed E-state index contributed by atoms with van der Waals surface area (Å²) in [6, 6.07) is 0. The van der Waals surface area contributed by atoms with Crippen molar-refractivity contribution < 1.29 is 17.9 Å². The van der Waals surface area contributed by atoms with Crippen molar-refractivity contribution in [2.45, 2.75) is 13.3 Å². The van der Waals surface area contributed by atoms with Gasteiger partial charge < -0.3 is 4.74 Å². The topological polar surface area (TPSA) is 22.1 Å². The van der Waals surface area contributed by atoms with Crippen LogP contribution >= 0.6 is 34.2 Å². The lowest BCUT2D eigenvalue weighted by molar-refractivity contribution is -0.274. The molecule has 1 rings (SSSR count). The molecular formula is C7H4ClF3INO. The summed E-state index contributed by atoms with van der Waals surface area (Å²) in [7, 11) is 0. The molecule has 1 aromatic heterocycles. The number of hydrogen-bond acceptors (Lipinski definition) is 2. The maximum absolute atomic E-state index is 11.9. The lowest BCUT2D eigenvalue weighted by Crippen LogP contribution is -2.18. The van der Waals surface area contributed by atoms with E-state index < -0.39 is 12.1 Å². The Morgan fingerprint density at radius 2 is 2.07 bits per heavy atom. The van der Waals surface area contributed by atoms with Gasteiger partial charge in [-0.2, -0.15) is 0 Å². The Balaban J connectivity index is 3.13. The zero-order chi connectivity index (χ0) is 10.9. The van der Waals surface area contributed by atoms with Gasteiger partial charge in [-0.05, 0) is 29.5 Å². The van der Waals surface area contributed by atoms with E-state index in [1.807, 2.05) is 0 Å². The molecule has 0 aliphatic heterocycles. The van der Waals surface area contributed by atoms with Crippen LogP contribution in [-0.4, -0.2) is 11.3 Å². The average Bonchev–Trinajstić information content (AvgIpc) is 2.04. The van der Waals surface area contributed by atoms with Crippen molar-refractivity contribution in [2.24, 2.45) is 0 Å². The number of ether oxygens (including phenoxy) is 1. The van der Waals surface area contributed by atoms with Crippen LogP contribution in [0.3, 0.4) is 0 Å². The van der Waals surface area contributed by atoms with E-state index in [1.165, 1.54) is 13.1 Å². The van der Waals surface area contributed by atoms with Crippen LogP contribution in [0.2, 0.25) is 5.02 Å². The second kappa shape index (κ2) is 4.09. The normalized spacial score (nSPS) is 11.6. The molecule has 0 amide bonds. The summed E-state index contributed by atoms with van der Waals surface area (Å²) in [5.41, 5.74) is 0.104. The predicted octanol–water partition coefficient (Wildman–Crippen LogP) is 3.55. The lowest BCUT2D eigenvalue weighted by Gasteiger charge is -2.12. The molecule has 0 fully saturated rings. The summed E-state index contributed by atoms with van der Waals surface area (Å²) in [4.78, 5) is 3.71. The minimum absolute atomic E-state index is 0.0737. The molecule has 78 valence electrons. The number of alkyl halides is 3. The van der Waals surface area contributed by atoms with E-state index in [4.69, 9.17) is 11.6 Å². The monoisotopic (exact) mass is 337 g/mol. The lowest BCUT2D eigenvalue weighted by atomic mass is 10.3. The highest BCUT2D eigenvalue weighted by Gasteiger charge is 2.33. The fourth-order valence-corrected chi connectivity index (χ4v) is 1.38. The summed E-state index contributed by atoms with van der Waals surface area (Å²) in [5, 5.41) is -0.0737. The van der Waals surface area contributed by atoms with Crippen molar-refractivity contribution in [1.29, 1.82) is 0 Å². The molecule has 1 heterocycles. The smallest absolute Gasteiger partial charge is 0.402 e. The van der Waals surface area contributed by atoms with Gasteiger partial charge in [-0.3, -0.25) is 4.98 Å². The fraction of sp³-hybridized carbons (Fsp3) is 0.286. The average molecular weight is 337 g/mol. The maximum Gasteiger partial charge on any atom is 0.573 e. The molecular weight excluding hydrogens is 333 g/mol. The molecule has 2 nitrogen and oxygen atoms in total. The van der Waals surface area contributed by atoms with Crippen molar-refractivity contribution in [3.05, 3.63) is 20.5 Å². The molecule has 0 radical (unpaired) electrons. The number of aromatic nitrogens is 1. The highest BCUT2D eigenvalue weighted by molar-refractivity contribution is 14.1. The minimum Gasteiger partial charge on any atom is -0.402 e. The molecule has 0 aliphatic rings. The van der Waals surface area contributed by atoms with Crippen molar-refractivity contribution in [2.75, 3.05) is 0 Å². The van der Waals surface area contributed by atoms with Crippen LogP contribution in [0.15, 0.2) is 6.20 Å². The fourth-order valence-electron chi connectivity index (χ4n) is 0.770. The van der Waals surface area contributed by atoms with Gasteiger partial charge in [0, 0.05) is 6.20 Å². The number of halogens is 5. The molecule has 0 N–H and O–H groups in total. The largest absolute Gasteiger partial charge is 0.573 e. The van der Waals surface area contributed by atoms with Crippen LogP contribution < -0.4 is 4.74 Å². The molecule has 0 bridgehead atoms. The van der Waals surface area contributed by atoms with Gasteiger partial charge in [-0.15, -0.1) is 13.2 Å². The number of hydrogen-bond donors (Lipinski definition) is 0. The number of nitrogens with zero attached hydrogens (tertiary/aromatic N) is 1. The summed E-state index contributed by atoms with van der Waals surface area (Å²) >= 11 is 7.41. The van der Waals surface area contributed by atoms with Crippen molar-refractivity contribution in [1.82, 2.24) is 4.98 Å². The Morgan fingerprint density at radius 1 is 1.50 bits per heavy atom. The van der Waals surface area contributed by atoms with Gasteiger partial charge in [-0.1, -0.05) is 11.6 Å². The Bertz CT molecular complexity index is 356. The van der Waals surface area contributed by atoms with E-state index in [2.05, 4.69) is 9.72 Å². The van der Waals surface area contributed by atoms with Crippen LogP contribution in [-0.2, 0) is 0 Å². The van der Waals surface area contributed by atoms with Gasteiger partial charge in [0.2, 0.25) is 0 Å². The molecule has 0 spiro atoms. The first kappa shape index (κ1) is 11.8. The standard InChI is InChI=1S/C7H4ClF3INO/c1-3-6(14-7(9,10)11)5(8)4(12)2-13-3/h2H,1H3.